The molecule has 2 aliphatic heterocycles. The molecule has 1 unspecified atom stereocenters. The van der Waals surface area contributed by atoms with Gasteiger partial charge in [-0.1, -0.05) is 0 Å². The van der Waals surface area contributed by atoms with Gasteiger partial charge >= 0.3 is 5.97 Å². The molecule has 3 rings (SSSR count). The number of carboxylic acid groups (broad SMARTS) is 1. The van der Waals surface area contributed by atoms with Gasteiger partial charge in [0.2, 0.25) is 5.91 Å². The highest BCUT2D eigenvalue weighted by molar-refractivity contribution is 5.96. The summed E-state index contributed by atoms with van der Waals surface area (Å²) in [7, 11) is 1.58. The molecule has 0 aliphatic carbocycles. The molecule has 0 aromatic heterocycles. The second-order valence-electron chi connectivity index (χ2n) is 7.43. The van der Waals surface area contributed by atoms with Crippen LogP contribution < -0.4 is 5.01 Å². The van der Waals surface area contributed by atoms with Crippen molar-refractivity contribution in [1.29, 1.82) is 0 Å². The first-order chi connectivity index (χ1) is 13.3. The van der Waals surface area contributed by atoms with E-state index in [4.69, 9.17) is 5.11 Å². The van der Waals surface area contributed by atoms with E-state index in [1.807, 2.05) is 24.1 Å². The van der Waals surface area contributed by atoms with E-state index in [0.717, 1.165) is 24.4 Å². The van der Waals surface area contributed by atoms with Gasteiger partial charge in [-0.05, 0) is 44.0 Å². The molecule has 0 spiro atoms. The molecule has 0 radical (unpaired) electrons. The van der Waals surface area contributed by atoms with Crippen molar-refractivity contribution >= 4 is 29.2 Å². The maximum Gasteiger partial charge on any atom is 0.308 e. The van der Waals surface area contributed by atoms with Crippen molar-refractivity contribution in [3.05, 3.63) is 29.8 Å². The van der Waals surface area contributed by atoms with Gasteiger partial charge in [0.25, 0.3) is 5.91 Å². The van der Waals surface area contributed by atoms with E-state index in [1.165, 1.54) is 4.90 Å². The Balaban J connectivity index is 1.58. The summed E-state index contributed by atoms with van der Waals surface area (Å²) >= 11 is 0. The summed E-state index contributed by atoms with van der Waals surface area (Å²) in [5, 5.41) is 15.5. The molecule has 2 amide bonds. The van der Waals surface area contributed by atoms with Crippen LogP contribution in [0, 0.1) is 5.92 Å². The number of anilines is 1. The van der Waals surface area contributed by atoms with Crippen LogP contribution in [0.5, 0.6) is 0 Å². The number of aliphatic carboxylic acids is 1. The Hall–Kier alpha value is -2.90. The number of piperidine rings is 1. The number of carbonyl (C=O) groups is 3. The highest BCUT2D eigenvalue weighted by Crippen LogP contribution is 2.21. The van der Waals surface area contributed by atoms with E-state index in [0.29, 0.717) is 24.9 Å². The number of carbonyl (C=O) groups excluding carboxylic acids is 2. The highest BCUT2D eigenvalue weighted by Gasteiger charge is 2.29. The first-order valence-electron chi connectivity index (χ1n) is 9.53. The molecule has 28 heavy (non-hydrogen) atoms. The van der Waals surface area contributed by atoms with Crippen molar-refractivity contribution in [2.75, 3.05) is 38.2 Å². The number of hydrazone groups is 1. The van der Waals surface area contributed by atoms with Crippen LogP contribution in [-0.2, 0) is 9.59 Å². The molecule has 150 valence electrons. The maximum absolute atomic E-state index is 12.6. The van der Waals surface area contributed by atoms with Gasteiger partial charge in [0.15, 0.2) is 0 Å². The van der Waals surface area contributed by atoms with Crippen LogP contribution in [0.3, 0.4) is 0 Å². The molecule has 0 bridgehead atoms. The molecule has 1 atom stereocenters. The largest absolute Gasteiger partial charge is 0.481 e. The monoisotopic (exact) mass is 386 g/mol. The average Bonchev–Trinajstić information content (AvgIpc) is 3.13. The van der Waals surface area contributed by atoms with Gasteiger partial charge in [-0.25, -0.2) is 0 Å². The number of carboxylic acids is 1. The lowest BCUT2D eigenvalue weighted by Gasteiger charge is -2.32. The Morgan fingerprint density at radius 3 is 2.54 bits per heavy atom. The molecular weight excluding hydrogens is 360 g/mol. The van der Waals surface area contributed by atoms with E-state index in [9.17, 15) is 14.4 Å². The summed E-state index contributed by atoms with van der Waals surface area (Å²) in [6, 6.07) is 7.19. The Labute approximate surface area is 164 Å². The van der Waals surface area contributed by atoms with Gasteiger partial charge < -0.3 is 14.9 Å². The predicted molar refractivity (Wildman–Crippen MR) is 105 cm³/mol. The van der Waals surface area contributed by atoms with E-state index >= 15 is 0 Å². The number of likely N-dealkylation sites (N-methyl/N-ethyl adjacent to an activating group) is 1. The third kappa shape index (κ3) is 4.49. The molecule has 1 N–H and O–H groups in total. The quantitative estimate of drug-likeness (QED) is 0.831. The number of likely N-dealkylation sites (tertiary alicyclic amines) is 1. The van der Waals surface area contributed by atoms with Crippen LogP contribution >= 0.6 is 0 Å². The number of nitrogens with zero attached hydrogens (tertiary/aromatic N) is 4. The number of hydrogen-bond donors (Lipinski definition) is 1. The first kappa shape index (κ1) is 19.9. The summed E-state index contributed by atoms with van der Waals surface area (Å²) in [5.74, 6) is -1.87. The smallest absolute Gasteiger partial charge is 0.308 e. The van der Waals surface area contributed by atoms with Gasteiger partial charge in [0.05, 0.1) is 18.2 Å². The van der Waals surface area contributed by atoms with Crippen molar-refractivity contribution < 1.29 is 19.5 Å². The summed E-state index contributed by atoms with van der Waals surface area (Å²) in [5.41, 5.74) is 2.52. The summed E-state index contributed by atoms with van der Waals surface area (Å²) in [4.78, 5) is 39.2. The topological polar surface area (TPSA) is 93.5 Å². The fraction of sp³-hybridized carbons (Fsp3) is 0.500. The zero-order chi connectivity index (χ0) is 20.3. The normalized spacial score (nSPS) is 19.4. The SMILES string of the molecule is CC1=NN(c2ccc(C(=O)N(C)CC(=O)N3CCCC(C(=O)O)C3)cc2)CC1. The van der Waals surface area contributed by atoms with E-state index in [2.05, 4.69) is 5.10 Å². The predicted octanol–water partition coefficient (Wildman–Crippen LogP) is 1.67. The standard InChI is InChI=1S/C20H26N4O4/c1-14-9-11-24(21-14)17-7-5-15(6-8-17)19(26)22(2)13-18(25)23-10-3-4-16(12-23)20(27)28/h5-8,16H,3-4,9-13H2,1-2H3,(H,27,28). The maximum atomic E-state index is 12.6. The summed E-state index contributed by atoms with van der Waals surface area (Å²) in [6.45, 7) is 3.50. The minimum absolute atomic E-state index is 0.0669. The molecule has 1 fully saturated rings. The third-order valence-electron chi connectivity index (χ3n) is 5.23. The Kier molecular flexibility index (Phi) is 5.96. The van der Waals surface area contributed by atoms with Crippen LogP contribution in [0.2, 0.25) is 0 Å². The molecule has 1 aromatic carbocycles. The first-order valence-corrected chi connectivity index (χ1v) is 9.53. The summed E-state index contributed by atoms with van der Waals surface area (Å²) in [6.07, 6.45) is 2.19. The van der Waals surface area contributed by atoms with Crippen molar-refractivity contribution in [3.63, 3.8) is 0 Å². The lowest BCUT2D eigenvalue weighted by atomic mass is 9.98. The molecule has 0 saturated carbocycles. The molecule has 1 saturated heterocycles. The van der Waals surface area contributed by atoms with Gasteiger partial charge in [0, 0.05) is 44.4 Å². The Morgan fingerprint density at radius 1 is 1.21 bits per heavy atom. The van der Waals surface area contributed by atoms with Crippen LogP contribution in [0.15, 0.2) is 29.4 Å². The molecule has 2 aliphatic rings. The van der Waals surface area contributed by atoms with Crippen molar-refractivity contribution in [2.45, 2.75) is 26.2 Å². The lowest BCUT2D eigenvalue weighted by Crippen LogP contribution is -2.46. The second kappa shape index (κ2) is 8.41. The van der Waals surface area contributed by atoms with Crippen molar-refractivity contribution in [3.8, 4) is 0 Å². The van der Waals surface area contributed by atoms with Gasteiger partial charge in [-0.2, -0.15) is 5.10 Å². The van der Waals surface area contributed by atoms with Gasteiger partial charge in [-0.15, -0.1) is 0 Å². The molecular formula is C20H26N4O4. The lowest BCUT2D eigenvalue weighted by molar-refractivity contribution is -0.145. The zero-order valence-electron chi connectivity index (χ0n) is 16.3. The molecule has 8 nitrogen and oxygen atoms in total. The molecule has 8 heteroatoms. The van der Waals surface area contributed by atoms with Crippen molar-refractivity contribution in [1.82, 2.24) is 9.80 Å². The Bertz CT molecular complexity index is 790. The minimum Gasteiger partial charge on any atom is -0.481 e. The van der Waals surface area contributed by atoms with Crippen LogP contribution in [0.1, 0.15) is 36.5 Å². The van der Waals surface area contributed by atoms with Crippen LogP contribution in [0.4, 0.5) is 5.69 Å². The molecule has 1 aromatic rings. The van der Waals surface area contributed by atoms with Crippen LogP contribution in [-0.4, -0.2) is 71.6 Å². The van der Waals surface area contributed by atoms with E-state index < -0.39 is 11.9 Å². The number of hydrogen-bond acceptors (Lipinski definition) is 5. The average molecular weight is 386 g/mol. The number of benzene rings is 1. The number of amides is 2. The van der Waals surface area contributed by atoms with E-state index in [1.54, 1.807) is 24.1 Å². The molecule has 2 heterocycles. The Morgan fingerprint density at radius 2 is 1.93 bits per heavy atom. The van der Waals surface area contributed by atoms with Crippen molar-refractivity contribution in [2.24, 2.45) is 11.0 Å². The van der Waals surface area contributed by atoms with Crippen LogP contribution in [0.25, 0.3) is 0 Å². The zero-order valence-corrected chi connectivity index (χ0v) is 16.3. The second-order valence-corrected chi connectivity index (χ2v) is 7.43. The minimum atomic E-state index is -0.875. The van der Waals surface area contributed by atoms with Gasteiger partial charge in [0.1, 0.15) is 0 Å². The van der Waals surface area contributed by atoms with Gasteiger partial charge in [-0.3, -0.25) is 19.4 Å². The summed E-state index contributed by atoms with van der Waals surface area (Å²) < 4.78 is 0. The fourth-order valence-corrected chi connectivity index (χ4v) is 3.54. The number of rotatable bonds is 5. The fourth-order valence-electron chi connectivity index (χ4n) is 3.54. The third-order valence-corrected chi connectivity index (χ3v) is 5.23. The van der Waals surface area contributed by atoms with E-state index in [-0.39, 0.29) is 24.9 Å². The highest BCUT2D eigenvalue weighted by atomic mass is 16.4.